The Labute approximate surface area is 122 Å². The Kier molecular flexibility index (Phi) is 7.92. The molecule has 1 amide bonds. The summed E-state index contributed by atoms with van der Waals surface area (Å²) in [5.74, 6) is 0.0719. The van der Waals surface area contributed by atoms with E-state index in [4.69, 9.17) is 5.73 Å². The van der Waals surface area contributed by atoms with Crippen molar-refractivity contribution in [1.29, 1.82) is 0 Å². The molecule has 0 fully saturated rings. The third-order valence-corrected chi connectivity index (χ3v) is 3.42. The Morgan fingerprint density at radius 3 is 2.30 bits per heavy atom. The van der Waals surface area contributed by atoms with Gasteiger partial charge in [-0.25, -0.2) is 0 Å². The van der Waals surface area contributed by atoms with E-state index in [2.05, 4.69) is 48.3 Å². The SMILES string of the molecule is CCN(CC)Cc1ccc(CNC(=O)CCCN)cc1. The van der Waals surface area contributed by atoms with Gasteiger partial charge in [0.25, 0.3) is 0 Å². The molecule has 20 heavy (non-hydrogen) atoms. The van der Waals surface area contributed by atoms with Crippen molar-refractivity contribution in [3.63, 3.8) is 0 Å². The molecule has 4 heteroatoms. The maximum Gasteiger partial charge on any atom is 0.220 e. The fraction of sp³-hybridized carbons (Fsp3) is 0.562. The minimum absolute atomic E-state index is 0.0719. The van der Waals surface area contributed by atoms with Crippen LogP contribution in [0.25, 0.3) is 0 Å². The molecule has 1 aromatic rings. The lowest BCUT2D eigenvalue weighted by molar-refractivity contribution is -0.121. The molecule has 0 radical (unpaired) electrons. The van der Waals surface area contributed by atoms with Crippen molar-refractivity contribution in [2.24, 2.45) is 5.73 Å². The molecule has 0 aliphatic heterocycles. The number of hydrogen-bond donors (Lipinski definition) is 2. The second kappa shape index (κ2) is 9.50. The van der Waals surface area contributed by atoms with Gasteiger partial charge in [-0.3, -0.25) is 9.69 Å². The largest absolute Gasteiger partial charge is 0.352 e. The van der Waals surface area contributed by atoms with Gasteiger partial charge in [0.05, 0.1) is 0 Å². The second-order valence-corrected chi connectivity index (χ2v) is 4.95. The van der Waals surface area contributed by atoms with Crippen LogP contribution in [0.15, 0.2) is 24.3 Å². The molecule has 0 heterocycles. The summed E-state index contributed by atoms with van der Waals surface area (Å²) >= 11 is 0. The van der Waals surface area contributed by atoms with E-state index in [0.717, 1.165) is 31.6 Å². The fourth-order valence-electron chi connectivity index (χ4n) is 2.02. The molecule has 0 saturated heterocycles. The highest BCUT2D eigenvalue weighted by Gasteiger charge is 2.03. The lowest BCUT2D eigenvalue weighted by Gasteiger charge is -2.18. The van der Waals surface area contributed by atoms with E-state index in [0.29, 0.717) is 19.5 Å². The summed E-state index contributed by atoms with van der Waals surface area (Å²) < 4.78 is 0. The van der Waals surface area contributed by atoms with Gasteiger partial charge in [0.15, 0.2) is 0 Å². The number of nitrogens with one attached hydrogen (secondary N) is 1. The lowest BCUT2D eigenvalue weighted by Crippen LogP contribution is -2.23. The monoisotopic (exact) mass is 277 g/mol. The Morgan fingerprint density at radius 2 is 1.75 bits per heavy atom. The molecule has 1 aromatic carbocycles. The summed E-state index contributed by atoms with van der Waals surface area (Å²) in [6.07, 6.45) is 1.26. The average molecular weight is 277 g/mol. The van der Waals surface area contributed by atoms with Crippen molar-refractivity contribution in [2.45, 2.75) is 39.8 Å². The predicted molar refractivity (Wildman–Crippen MR) is 83.2 cm³/mol. The number of benzene rings is 1. The molecule has 3 N–H and O–H groups in total. The van der Waals surface area contributed by atoms with E-state index in [1.54, 1.807) is 0 Å². The van der Waals surface area contributed by atoms with E-state index in [1.807, 2.05) is 0 Å². The minimum atomic E-state index is 0.0719. The summed E-state index contributed by atoms with van der Waals surface area (Å²) in [6.45, 7) is 8.62. The molecule has 1 rings (SSSR count). The number of amides is 1. The zero-order valence-corrected chi connectivity index (χ0v) is 12.7. The van der Waals surface area contributed by atoms with Crippen molar-refractivity contribution >= 4 is 5.91 Å². The highest BCUT2D eigenvalue weighted by atomic mass is 16.1. The zero-order valence-electron chi connectivity index (χ0n) is 12.7. The molecule has 0 spiro atoms. The van der Waals surface area contributed by atoms with Crippen molar-refractivity contribution in [1.82, 2.24) is 10.2 Å². The third kappa shape index (κ3) is 6.17. The molecule has 0 bridgehead atoms. The highest BCUT2D eigenvalue weighted by Crippen LogP contribution is 2.07. The van der Waals surface area contributed by atoms with Gasteiger partial charge in [-0.05, 0) is 37.2 Å². The number of carbonyl (C=O) groups excluding carboxylic acids is 1. The first-order valence-electron chi connectivity index (χ1n) is 7.46. The number of carbonyl (C=O) groups is 1. The van der Waals surface area contributed by atoms with Crippen molar-refractivity contribution in [3.8, 4) is 0 Å². The van der Waals surface area contributed by atoms with Gasteiger partial charge in [0.1, 0.15) is 0 Å². The normalized spacial score (nSPS) is 10.8. The van der Waals surface area contributed by atoms with Gasteiger partial charge < -0.3 is 11.1 Å². The molecule has 0 aliphatic carbocycles. The van der Waals surface area contributed by atoms with Gasteiger partial charge in [0.2, 0.25) is 5.91 Å². The molecule has 0 atom stereocenters. The first kappa shape index (κ1) is 16.7. The van der Waals surface area contributed by atoms with Crippen LogP contribution in [0.1, 0.15) is 37.8 Å². The van der Waals surface area contributed by atoms with Gasteiger partial charge in [-0.1, -0.05) is 38.1 Å². The van der Waals surface area contributed by atoms with Crippen LogP contribution in [0.5, 0.6) is 0 Å². The Bertz CT molecular complexity index is 385. The number of hydrogen-bond acceptors (Lipinski definition) is 3. The fourth-order valence-corrected chi connectivity index (χ4v) is 2.02. The van der Waals surface area contributed by atoms with E-state index >= 15 is 0 Å². The van der Waals surface area contributed by atoms with E-state index < -0.39 is 0 Å². The van der Waals surface area contributed by atoms with E-state index in [9.17, 15) is 4.79 Å². The van der Waals surface area contributed by atoms with Crippen LogP contribution >= 0.6 is 0 Å². The Hall–Kier alpha value is -1.39. The first-order chi connectivity index (χ1) is 9.69. The van der Waals surface area contributed by atoms with Crippen molar-refractivity contribution < 1.29 is 4.79 Å². The van der Waals surface area contributed by atoms with Crippen molar-refractivity contribution in [3.05, 3.63) is 35.4 Å². The zero-order chi connectivity index (χ0) is 14.8. The van der Waals surface area contributed by atoms with Crippen LogP contribution in [-0.4, -0.2) is 30.4 Å². The van der Waals surface area contributed by atoms with Gasteiger partial charge in [0, 0.05) is 19.5 Å². The minimum Gasteiger partial charge on any atom is -0.352 e. The molecular formula is C16H27N3O. The standard InChI is InChI=1S/C16H27N3O/c1-3-19(4-2)13-15-9-7-14(8-10-15)12-18-16(20)6-5-11-17/h7-10H,3-6,11-13,17H2,1-2H3,(H,18,20). The Balaban J connectivity index is 2.40. The quantitative estimate of drug-likeness (QED) is 0.724. The van der Waals surface area contributed by atoms with Crippen LogP contribution in [0.3, 0.4) is 0 Å². The van der Waals surface area contributed by atoms with Crippen LogP contribution in [0, 0.1) is 0 Å². The predicted octanol–water partition coefficient (Wildman–Crippen LogP) is 1.88. The summed E-state index contributed by atoms with van der Waals surface area (Å²) in [4.78, 5) is 13.9. The second-order valence-electron chi connectivity index (χ2n) is 4.95. The van der Waals surface area contributed by atoms with Gasteiger partial charge in [-0.2, -0.15) is 0 Å². The summed E-state index contributed by atoms with van der Waals surface area (Å²) in [7, 11) is 0. The maximum atomic E-state index is 11.5. The molecule has 0 unspecified atom stereocenters. The molecular weight excluding hydrogens is 250 g/mol. The van der Waals surface area contributed by atoms with E-state index in [1.165, 1.54) is 5.56 Å². The molecule has 4 nitrogen and oxygen atoms in total. The maximum absolute atomic E-state index is 11.5. The number of nitrogens with zero attached hydrogens (tertiary/aromatic N) is 1. The van der Waals surface area contributed by atoms with Crippen LogP contribution in [0.2, 0.25) is 0 Å². The first-order valence-corrected chi connectivity index (χ1v) is 7.46. The topological polar surface area (TPSA) is 58.4 Å². The van der Waals surface area contributed by atoms with Gasteiger partial charge >= 0.3 is 0 Å². The number of nitrogens with two attached hydrogens (primary N) is 1. The molecule has 112 valence electrons. The smallest absolute Gasteiger partial charge is 0.220 e. The van der Waals surface area contributed by atoms with Crippen LogP contribution < -0.4 is 11.1 Å². The summed E-state index contributed by atoms with van der Waals surface area (Å²) in [6, 6.07) is 8.45. The molecule has 0 saturated carbocycles. The third-order valence-electron chi connectivity index (χ3n) is 3.42. The Morgan fingerprint density at radius 1 is 1.15 bits per heavy atom. The van der Waals surface area contributed by atoms with E-state index in [-0.39, 0.29) is 5.91 Å². The lowest BCUT2D eigenvalue weighted by atomic mass is 10.1. The van der Waals surface area contributed by atoms with Crippen LogP contribution in [0.4, 0.5) is 0 Å². The highest BCUT2D eigenvalue weighted by molar-refractivity contribution is 5.75. The van der Waals surface area contributed by atoms with Crippen LogP contribution in [-0.2, 0) is 17.9 Å². The molecule has 0 aromatic heterocycles. The average Bonchev–Trinajstić information content (AvgIpc) is 2.49. The summed E-state index contributed by atoms with van der Waals surface area (Å²) in [5.41, 5.74) is 7.82. The van der Waals surface area contributed by atoms with Crippen molar-refractivity contribution in [2.75, 3.05) is 19.6 Å². The van der Waals surface area contributed by atoms with Gasteiger partial charge in [-0.15, -0.1) is 0 Å². The molecule has 0 aliphatic rings. The summed E-state index contributed by atoms with van der Waals surface area (Å²) in [5, 5.41) is 2.91. The number of rotatable bonds is 9.